The minimum absolute atomic E-state index is 0.00673. The first-order chi connectivity index (χ1) is 17.4. The van der Waals surface area contributed by atoms with Crippen LogP contribution >= 0.6 is 0 Å². The number of benzene rings is 2. The van der Waals surface area contributed by atoms with E-state index >= 15 is 0 Å². The van der Waals surface area contributed by atoms with Crippen LogP contribution in [0.25, 0.3) is 0 Å². The monoisotopic (exact) mass is 491 g/mol. The zero-order valence-electron chi connectivity index (χ0n) is 21.5. The Morgan fingerprint density at radius 3 is 2.39 bits per heavy atom. The van der Waals surface area contributed by atoms with E-state index in [0.29, 0.717) is 54.2 Å². The van der Waals surface area contributed by atoms with E-state index in [1.54, 1.807) is 27.4 Å². The molecule has 0 fully saturated rings. The topological polar surface area (TPSA) is 83.1 Å². The molecule has 1 heterocycles. The molecule has 0 bridgehead atoms. The van der Waals surface area contributed by atoms with Crippen molar-refractivity contribution < 1.29 is 28.5 Å². The van der Waals surface area contributed by atoms with Crippen molar-refractivity contribution in [2.45, 2.75) is 44.9 Å². The molecule has 7 heteroatoms. The molecule has 1 N–H and O–H groups in total. The van der Waals surface area contributed by atoms with E-state index in [1.165, 1.54) is 0 Å². The maximum absolute atomic E-state index is 13.8. The van der Waals surface area contributed by atoms with Crippen LogP contribution in [-0.4, -0.2) is 39.7 Å². The van der Waals surface area contributed by atoms with Gasteiger partial charge in [-0.2, -0.15) is 0 Å². The summed E-state index contributed by atoms with van der Waals surface area (Å²) in [7, 11) is 4.78. The predicted octanol–water partition coefficient (Wildman–Crippen LogP) is 5.03. The van der Waals surface area contributed by atoms with Crippen molar-refractivity contribution >= 4 is 11.8 Å². The highest BCUT2D eigenvalue weighted by Gasteiger charge is 2.42. The van der Waals surface area contributed by atoms with Crippen LogP contribution in [0.15, 0.2) is 65.0 Å². The maximum Gasteiger partial charge on any atom is 0.336 e. The number of methoxy groups -OCH3 is 3. The molecule has 2 atom stereocenters. The quantitative estimate of drug-likeness (QED) is 0.519. The normalized spacial score (nSPS) is 19.4. The average Bonchev–Trinajstić information content (AvgIpc) is 2.90. The van der Waals surface area contributed by atoms with Gasteiger partial charge in [0.1, 0.15) is 5.75 Å². The van der Waals surface area contributed by atoms with Gasteiger partial charge >= 0.3 is 5.97 Å². The van der Waals surface area contributed by atoms with Crippen LogP contribution in [0.2, 0.25) is 0 Å². The number of para-hydroxylation sites is 1. The van der Waals surface area contributed by atoms with Crippen molar-refractivity contribution in [1.29, 1.82) is 0 Å². The number of dihydropyridines is 1. The van der Waals surface area contributed by atoms with Crippen LogP contribution < -0.4 is 19.5 Å². The second-order valence-corrected chi connectivity index (χ2v) is 9.01. The van der Waals surface area contributed by atoms with Crippen molar-refractivity contribution in [2.75, 3.05) is 27.9 Å². The third-order valence-electron chi connectivity index (χ3n) is 6.80. The third-order valence-corrected chi connectivity index (χ3v) is 6.80. The van der Waals surface area contributed by atoms with E-state index in [1.807, 2.05) is 50.2 Å². The zero-order valence-corrected chi connectivity index (χ0v) is 21.5. The Hall–Kier alpha value is -3.74. The molecule has 2 aromatic rings. The van der Waals surface area contributed by atoms with Crippen molar-refractivity contribution in [3.63, 3.8) is 0 Å². The molecule has 36 heavy (non-hydrogen) atoms. The molecule has 0 amide bonds. The number of hydrogen-bond donors (Lipinski definition) is 1. The Balaban J connectivity index is 1.82. The Bertz CT molecular complexity index is 1230. The lowest BCUT2D eigenvalue weighted by molar-refractivity contribution is -0.139. The second-order valence-electron chi connectivity index (χ2n) is 9.01. The van der Waals surface area contributed by atoms with Gasteiger partial charge in [0.25, 0.3) is 0 Å². The SMILES string of the molecule is CCCOC(=O)C1=C(C)NC2=C(C(=O)C[C@H](c3ccccc3OC)C2)[C@H]1c1ccc(OC)c(OC)c1. The van der Waals surface area contributed by atoms with Crippen LogP contribution in [0.1, 0.15) is 56.1 Å². The second kappa shape index (κ2) is 10.9. The number of Topliss-reactive ketones (excluding diaryl/α,β-unsaturated/α-hetero) is 1. The number of ketones is 1. The van der Waals surface area contributed by atoms with Crippen LogP contribution in [0, 0.1) is 0 Å². The van der Waals surface area contributed by atoms with Gasteiger partial charge in [0.15, 0.2) is 17.3 Å². The van der Waals surface area contributed by atoms with Gasteiger partial charge in [0.05, 0.1) is 33.5 Å². The van der Waals surface area contributed by atoms with Gasteiger partial charge in [-0.3, -0.25) is 4.79 Å². The predicted molar refractivity (Wildman–Crippen MR) is 136 cm³/mol. The molecule has 1 aliphatic carbocycles. The summed E-state index contributed by atoms with van der Waals surface area (Å²) in [6, 6.07) is 13.3. The van der Waals surface area contributed by atoms with Crippen molar-refractivity contribution in [2.24, 2.45) is 0 Å². The molecule has 4 rings (SSSR count). The van der Waals surface area contributed by atoms with Crippen LogP contribution in [0.4, 0.5) is 0 Å². The first kappa shape index (κ1) is 25.4. The molecule has 0 unspecified atom stereocenters. The summed E-state index contributed by atoms with van der Waals surface area (Å²) in [6.45, 7) is 4.12. The molecule has 7 nitrogen and oxygen atoms in total. The third kappa shape index (κ3) is 4.70. The largest absolute Gasteiger partial charge is 0.496 e. The standard InChI is InChI=1S/C29H33NO6/c1-6-13-36-29(32)26-17(2)30-21-14-19(20-9-7-8-10-23(20)33-3)15-22(31)28(21)27(26)18-11-12-24(34-4)25(16-18)35-5/h7-12,16,19,27,30H,6,13-15H2,1-5H3/t19-,27+/m1/s1. The molecule has 2 aromatic carbocycles. The van der Waals surface area contributed by atoms with E-state index in [2.05, 4.69) is 5.32 Å². The molecular formula is C29H33NO6. The fourth-order valence-electron chi connectivity index (χ4n) is 5.17. The Morgan fingerprint density at radius 1 is 0.972 bits per heavy atom. The molecule has 0 spiro atoms. The van der Waals surface area contributed by atoms with E-state index < -0.39 is 11.9 Å². The molecule has 0 saturated heterocycles. The molecular weight excluding hydrogens is 458 g/mol. The highest BCUT2D eigenvalue weighted by atomic mass is 16.5. The summed E-state index contributed by atoms with van der Waals surface area (Å²) in [4.78, 5) is 27.0. The average molecular weight is 492 g/mol. The molecule has 0 radical (unpaired) electrons. The summed E-state index contributed by atoms with van der Waals surface area (Å²) < 4.78 is 22.1. The first-order valence-corrected chi connectivity index (χ1v) is 12.2. The summed E-state index contributed by atoms with van der Waals surface area (Å²) >= 11 is 0. The smallest absolute Gasteiger partial charge is 0.336 e. The number of esters is 1. The van der Waals surface area contributed by atoms with Crippen molar-refractivity contribution in [1.82, 2.24) is 5.32 Å². The number of carbonyl (C=O) groups excluding carboxylic acids is 2. The zero-order chi connectivity index (χ0) is 25.8. The molecule has 2 aliphatic rings. The molecule has 0 aromatic heterocycles. The summed E-state index contributed by atoms with van der Waals surface area (Å²) in [5.74, 6) is 0.836. The Kier molecular flexibility index (Phi) is 7.67. The van der Waals surface area contributed by atoms with Gasteiger partial charge in [-0.05, 0) is 49.1 Å². The highest BCUT2D eigenvalue weighted by molar-refractivity contribution is 6.04. The summed E-state index contributed by atoms with van der Waals surface area (Å²) in [5.41, 5.74) is 4.32. The number of ether oxygens (including phenoxy) is 4. The summed E-state index contributed by atoms with van der Waals surface area (Å²) in [5, 5.41) is 3.39. The molecule has 190 valence electrons. The Labute approximate surface area is 212 Å². The van der Waals surface area contributed by atoms with Gasteiger partial charge in [0.2, 0.25) is 0 Å². The number of nitrogens with one attached hydrogen (secondary N) is 1. The van der Waals surface area contributed by atoms with Crippen LogP contribution in [0.3, 0.4) is 0 Å². The van der Waals surface area contributed by atoms with Gasteiger partial charge in [-0.1, -0.05) is 31.2 Å². The van der Waals surface area contributed by atoms with Crippen molar-refractivity contribution in [3.05, 3.63) is 76.1 Å². The maximum atomic E-state index is 13.8. The van der Waals surface area contributed by atoms with Gasteiger partial charge < -0.3 is 24.3 Å². The van der Waals surface area contributed by atoms with Crippen LogP contribution in [0.5, 0.6) is 17.2 Å². The number of rotatable bonds is 8. The fourth-order valence-corrected chi connectivity index (χ4v) is 5.17. The first-order valence-electron chi connectivity index (χ1n) is 12.2. The molecule has 1 aliphatic heterocycles. The van der Waals surface area contributed by atoms with Crippen LogP contribution in [-0.2, 0) is 14.3 Å². The molecule has 0 saturated carbocycles. The number of hydrogen-bond acceptors (Lipinski definition) is 7. The minimum atomic E-state index is -0.573. The van der Waals surface area contributed by atoms with E-state index in [-0.39, 0.29) is 11.7 Å². The Morgan fingerprint density at radius 2 is 1.69 bits per heavy atom. The lowest BCUT2D eigenvalue weighted by Crippen LogP contribution is -2.36. The lowest BCUT2D eigenvalue weighted by atomic mass is 9.71. The number of carbonyl (C=O) groups is 2. The highest BCUT2D eigenvalue weighted by Crippen LogP contribution is 2.47. The summed E-state index contributed by atoms with van der Waals surface area (Å²) in [6.07, 6.45) is 1.65. The van der Waals surface area contributed by atoms with E-state index in [9.17, 15) is 9.59 Å². The fraction of sp³-hybridized carbons (Fsp3) is 0.379. The van der Waals surface area contributed by atoms with Gasteiger partial charge in [0, 0.05) is 35.2 Å². The van der Waals surface area contributed by atoms with E-state index in [4.69, 9.17) is 18.9 Å². The number of allylic oxidation sites excluding steroid dienone is 3. The van der Waals surface area contributed by atoms with Gasteiger partial charge in [-0.25, -0.2) is 4.79 Å². The minimum Gasteiger partial charge on any atom is -0.496 e. The van der Waals surface area contributed by atoms with Gasteiger partial charge in [-0.15, -0.1) is 0 Å². The van der Waals surface area contributed by atoms with E-state index in [0.717, 1.165) is 22.6 Å². The van der Waals surface area contributed by atoms with Crippen molar-refractivity contribution in [3.8, 4) is 17.2 Å². The lowest BCUT2D eigenvalue weighted by Gasteiger charge is -2.37.